The molecule has 92 valence electrons. The minimum absolute atomic E-state index is 1.04. The van der Waals surface area contributed by atoms with Crippen molar-refractivity contribution >= 4 is 11.8 Å². The van der Waals surface area contributed by atoms with Crippen LogP contribution in [0.4, 0.5) is 0 Å². The fourth-order valence-electron chi connectivity index (χ4n) is 2.54. The smallest absolute Gasteiger partial charge is 0.0511 e. The van der Waals surface area contributed by atoms with Crippen LogP contribution in [0.15, 0.2) is 41.4 Å². The fourth-order valence-corrected chi connectivity index (χ4v) is 3.71. The maximum absolute atomic E-state index is 4.54. The molecule has 0 saturated heterocycles. The number of rotatable bonds is 3. The van der Waals surface area contributed by atoms with Crippen LogP contribution >= 0.6 is 11.8 Å². The van der Waals surface area contributed by atoms with Crippen molar-refractivity contribution in [2.24, 2.45) is 0 Å². The summed E-state index contributed by atoms with van der Waals surface area (Å²) in [4.78, 5) is 5.97. The van der Waals surface area contributed by atoms with Crippen LogP contribution in [0.5, 0.6) is 0 Å². The summed E-state index contributed by atoms with van der Waals surface area (Å²) in [5, 5.41) is 0. The molecule has 0 unspecified atom stereocenters. The van der Waals surface area contributed by atoms with Crippen molar-refractivity contribution in [3.63, 3.8) is 0 Å². The highest BCUT2D eigenvalue weighted by molar-refractivity contribution is 7.98. The molecule has 2 heteroatoms. The summed E-state index contributed by atoms with van der Waals surface area (Å²) in [6, 6.07) is 10.7. The van der Waals surface area contributed by atoms with E-state index in [4.69, 9.17) is 0 Å². The summed E-state index contributed by atoms with van der Waals surface area (Å²) in [7, 11) is 0. The van der Waals surface area contributed by atoms with Crippen LogP contribution in [-0.4, -0.2) is 4.98 Å². The maximum Gasteiger partial charge on any atom is 0.0511 e. The Kier molecular flexibility index (Phi) is 3.37. The summed E-state index contributed by atoms with van der Waals surface area (Å²) in [6.07, 6.45) is 5.81. The molecule has 1 aromatic carbocycles. The molecule has 0 saturated carbocycles. The molecule has 0 radical (unpaired) electrons. The number of thioether (sulfide) groups is 1. The van der Waals surface area contributed by atoms with Crippen LogP contribution in [0.3, 0.4) is 0 Å². The SMILES string of the molecule is Cc1ncc2c(c1SCc1ccccc1)CCC2. The molecule has 1 nitrogen and oxygen atoms in total. The number of pyridine rings is 1. The molecule has 18 heavy (non-hydrogen) atoms. The minimum atomic E-state index is 1.04. The molecule has 1 aromatic heterocycles. The van der Waals surface area contributed by atoms with Crippen molar-refractivity contribution in [1.29, 1.82) is 0 Å². The van der Waals surface area contributed by atoms with Gasteiger partial charge in [-0.3, -0.25) is 4.98 Å². The summed E-state index contributed by atoms with van der Waals surface area (Å²) < 4.78 is 0. The van der Waals surface area contributed by atoms with Crippen molar-refractivity contribution in [3.8, 4) is 0 Å². The highest BCUT2D eigenvalue weighted by Crippen LogP contribution is 2.34. The highest BCUT2D eigenvalue weighted by atomic mass is 32.2. The van der Waals surface area contributed by atoms with Gasteiger partial charge in [-0.15, -0.1) is 11.8 Å². The van der Waals surface area contributed by atoms with E-state index in [2.05, 4.69) is 48.4 Å². The molecule has 2 aromatic rings. The van der Waals surface area contributed by atoms with E-state index >= 15 is 0 Å². The molecule has 0 spiro atoms. The lowest BCUT2D eigenvalue weighted by Crippen LogP contribution is -1.94. The van der Waals surface area contributed by atoms with E-state index in [0.717, 1.165) is 5.75 Å². The van der Waals surface area contributed by atoms with Gasteiger partial charge in [0.15, 0.2) is 0 Å². The number of nitrogens with zero attached hydrogens (tertiary/aromatic N) is 1. The Labute approximate surface area is 113 Å². The summed E-state index contributed by atoms with van der Waals surface area (Å²) in [5.41, 5.74) is 5.61. The Hall–Kier alpha value is -1.28. The van der Waals surface area contributed by atoms with E-state index < -0.39 is 0 Å². The number of fused-ring (bicyclic) bond motifs is 1. The maximum atomic E-state index is 4.54. The second-order valence-electron chi connectivity index (χ2n) is 4.80. The first-order valence-corrected chi connectivity index (χ1v) is 7.47. The Morgan fingerprint density at radius 1 is 1.17 bits per heavy atom. The summed E-state index contributed by atoms with van der Waals surface area (Å²) in [6.45, 7) is 2.13. The van der Waals surface area contributed by atoms with Crippen LogP contribution in [0, 0.1) is 6.92 Å². The third-order valence-corrected chi connectivity index (χ3v) is 4.81. The molecule has 3 rings (SSSR count). The minimum Gasteiger partial charge on any atom is -0.260 e. The zero-order valence-electron chi connectivity index (χ0n) is 10.6. The first kappa shape index (κ1) is 11.8. The van der Waals surface area contributed by atoms with Gasteiger partial charge in [0.25, 0.3) is 0 Å². The first-order valence-electron chi connectivity index (χ1n) is 6.48. The molecule has 0 bridgehead atoms. The van der Waals surface area contributed by atoms with Crippen LogP contribution < -0.4 is 0 Å². The van der Waals surface area contributed by atoms with Gasteiger partial charge in [-0.2, -0.15) is 0 Å². The first-order chi connectivity index (χ1) is 8.84. The van der Waals surface area contributed by atoms with E-state index in [1.165, 1.54) is 41.0 Å². The topological polar surface area (TPSA) is 12.9 Å². The summed E-state index contributed by atoms with van der Waals surface area (Å²) in [5.74, 6) is 1.04. The van der Waals surface area contributed by atoms with E-state index in [1.54, 1.807) is 5.56 Å². The Morgan fingerprint density at radius 2 is 2.00 bits per heavy atom. The predicted molar refractivity (Wildman–Crippen MR) is 77.0 cm³/mol. The van der Waals surface area contributed by atoms with E-state index in [0.29, 0.717) is 0 Å². The molecule has 0 atom stereocenters. The van der Waals surface area contributed by atoms with Gasteiger partial charge in [0.2, 0.25) is 0 Å². The van der Waals surface area contributed by atoms with Crippen LogP contribution in [0.2, 0.25) is 0 Å². The molecule has 1 aliphatic rings. The van der Waals surface area contributed by atoms with E-state index in [9.17, 15) is 0 Å². The standard InChI is InChI=1S/C16H17NS/c1-12-16(15-9-5-8-14(15)10-17-12)18-11-13-6-3-2-4-7-13/h2-4,6-7,10H,5,8-9,11H2,1H3. The van der Waals surface area contributed by atoms with Gasteiger partial charge in [0, 0.05) is 16.8 Å². The monoisotopic (exact) mass is 255 g/mol. The zero-order valence-corrected chi connectivity index (χ0v) is 11.5. The Balaban J connectivity index is 1.83. The second kappa shape index (κ2) is 5.15. The molecular formula is C16H17NS. The Morgan fingerprint density at radius 3 is 2.83 bits per heavy atom. The van der Waals surface area contributed by atoms with Gasteiger partial charge in [0.1, 0.15) is 0 Å². The van der Waals surface area contributed by atoms with E-state index in [-0.39, 0.29) is 0 Å². The van der Waals surface area contributed by atoms with Crippen molar-refractivity contribution in [2.45, 2.75) is 36.8 Å². The third kappa shape index (κ3) is 2.30. The number of hydrogen-bond acceptors (Lipinski definition) is 2. The van der Waals surface area contributed by atoms with Gasteiger partial charge >= 0.3 is 0 Å². The largest absolute Gasteiger partial charge is 0.260 e. The van der Waals surface area contributed by atoms with Crippen molar-refractivity contribution in [3.05, 3.63) is 58.9 Å². The molecule has 0 N–H and O–H groups in total. The lowest BCUT2D eigenvalue weighted by Gasteiger charge is -2.10. The lowest BCUT2D eigenvalue weighted by atomic mass is 10.1. The third-order valence-electron chi connectivity index (χ3n) is 3.50. The molecule has 1 aliphatic carbocycles. The molecule has 0 fully saturated rings. The fraction of sp³-hybridized carbons (Fsp3) is 0.312. The van der Waals surface area contributed by atoms with E-state index in [1.807, 2.05) is 11.8 Å². The normalized spacial score (nSPS) is 13.6. The average Bonchev–Trinajstić information content (AvgIpc) is 2.87. The molecule has 0 amide bonds. The number of benzene rings is 1. The molecular weight excluding hydrogens is 238 g/mol. The van der Waals surface area contributed by atoms with Crippen molar-refractivity contribution < 1.29 is 0 Å². The van der Waals surface area contributed by atoms with Crippen molar-refractivity contribution in [2.75, 3.05) is 0 Å². The Bertz CT molecular complexity index is 549. The summed E-state index contributed by atoms with van der Waals surface area (Å²) >= 11 is 1.94. The van der Waals surface area contributed by atoms with Gasteiger partial charge in [0.05, 0.1) is 5.69 Å². The van der Waals surface area contributed by atoms with Gasteiger partial charge in [-0.25, -0.2) is 0 Å². The second-order valence-corrected chi connectivity index (χ2v) is 5.79. The van der Waals surface area contributed by atoms with Crippen LogP contribution in [0.25, 0.3) is 0 Å². The van der Waals surface area contributed by atoms with Gasteiger partial charge in [-0.05, 0) is 42.9 Å². The van der Waals surface area contributed by atoms with Gasteiger partial charge in [-0.1, -0.05) is 30.3 Å². The lowest BCUT2D eigenvalue weighted by molar-refractivity contribution is 0.904. The zero-order chi connectivity index (χ0) is 12.4. The van der Waals surface area contributed by atoms with Crippen LogP contribution in [0.1, 0.15) is 28.8 Å². The average molecular weight is 255 g/mol. The molecule has 0 aliphatic heterocycles. The van der Waals surface area contributed by atoms with Crippen molar-refractivity contribution in [1.82, 2.24) is 4.98 Å². The highest BCUT2D eigenvalue weighted by Gasteiger charge is 2.17. The number of aryl methyl sites for hydroxylation is 2. The number of aromatic nitrogens is 1. The predicted octanol–water partition coefficient (Wildman–Crippen LogP) is 4.17. The van der Waals surface area contributed by atoms with Crippen LogP contribution in [-0.2, 0) is 18.6 Å². The molecule has 1 heterocycles. The quantitative estimate of drug-likeness (QED) is 0.763. The van der Waals surface area contributed by atoms with Gasteiger partial charge < -0.3 is 0 Å². The number of hydrogen-bond donors (Lipinski definition) is 0.